The molecule has 0 aliphatic rings. The normalized spacial score (nSPS) is 12.0. The summed E-state index contributed by atoms with van der Waals surface area (Å²) in [7, 11) is 0. The largest absolute Gasteiger partial charge is 0.0888 e. The van der Waals surface area contributed by atoms with Gasteiger partial charge in [0.05, 0.1) is 0 Å². The minimum absolute atomic E-state index is 1.17. The SMILES string of the molecule is CCCCCc1ccc(C=Cc2cccc3cc4c(Sc5cccc6cc7c(C=Cc8ccc(CCCCC)cc8)cccc7cc56)cccc4cc23)cc1. The lowest BCUT2D eigenvalue weighted by Gasteiger charge is -2.12. The van der Waals surface area contributed by atoms with Crippen molar-refractivity contribution >= 4 is 79.2 Å². The van der Waals surface area contributed by atoms with Crippen LogP contribution in [0, 0.1) is 0 Å². The van der Waals surface area contributed by atoms with Gasteiger partial charge < -0.3 is 0 Å². The van der Waals surface area contributed by atoms with Gasteiger partial charge in [-0.2, -0.15) is 0 Å². The van der Waals surface area contributed by atoms with Gasteiger partial charge in [-0.15, -0.1) is 0 Å². The summed E-state index contributed by atoms with van der Waals surface area (Å²) in [5, 5.41) is 10.2. The van der Waals surface area contributed by atoms with Gasteiger partial charge in [0.2, 0.25) is 0 Å². The van der Waals surface area contributed by atoms with Crippen molar-refractivity contribution in [2.45, 2.75) is 75.0 Å². The van der Waals surface area contributed by atoms with Gasteiger partial charge in [-0.05, 0) is 139 Å². The molecule has 0 spiro atoms. The highest BCUT2D eigenvalue weighted by atomic mass is 32.2. The zero-order chi connectivity index (χ0) is 37.4. The second-order valence-corrected chi connectivity index (χ2v) is 16.0. The molecular formula is C54H50S. The summed E-state index contributed by atoms with van der Waals surface area (Å²) < 4.78 is 0. The highest BCUT2D eigenvalue weighted by molar-refractivity contribution is 7.99. The minimum atomic E-state index is 1.17. The molecule has 0 fully saturated rings. The van der Waals surface area contributed by atoms with Crippen molar-refractivity contribution < 1.29 is 0 Å². The maximum absolute atomic E-state index is 2.38. The van der Waals surface area contributed by atoms with E-state index < -0.39 is 0 Å². The van der Waals surface area contributed by atoms with Crippen LogP contribution >= 0.6 is 11.8 Å². The maximum atomic E-state index is 2.38. The summed E-state index contributed by atoms with van der Waals surface area (Å²) in [6.07, 6.45) is 19.0. The molecule has 0 saturated heterocycles. The van der Waals surface area contributed by atoms with E-state index in [4.69, 9.17) is 0 Å². The molecule has 272 valence electrons. The first kappa shape index (κ1) is 36.6. The van der Waals surface area contributed by atoms with Crippen molar-refractivity contribution in [2.75, 3.05) is 0 Å². The molecule has 0 aromatic heterocycles. The van der Waals surface area contributed by atoms with Crippen LogP contribution in [0.25, 0.3) is 67.4 Å². The van der Waals surface area contributed by atoms with Crippen LogP contribution in [-0.2, 0) is 12.8 Å². The third kappa shape index (κ3) is 8.64. The van der Waals surface area contributed by atoms with Gasteiger partial charge in [-0.3, -0.25) is 0 Å². The van der Waals surface area contributed by atoms with Gasteiger partial charge >= 0.3 is 0 Å². The van der Waals surface area contributed by atoms with E-state index in [1.165, 1.54) is 138 Å². The average molecular weight is 731 g/mol. The molecule has 0 radical (unpaired) electrons. The molecule has 0 heterocycles. The van der Waals surface area contributed by atoms with E-state index in [2.05, 4.69) is 184 Å². The summed E-state index contributed by atoms with van der Waals surface area (Å²) in [6.45, 7) is 4.53. The summed E-state index contributed by atoms with van der Waals surface area (Å²) >= 11 is 1.87. The number of rotatable bonds is 14. The Kier molecular flexibility index (Phi) is 11.6. The number of aryl methyl sites for hydroxylation is 2. The summed E-state index contributed by atoms with van der Waals surface area (Å²) in [5.41, 5.74) is 7.83. The van der Waals surface area contributed by atoms with Crippen LogP contribution in [-0.4, -0.2) is 0 Å². The van der Waals surface area contributed by atoms with E-state index in [0.29, 0.717) is 0 Å². The predicted octanol–water partition coefficient (Wildman–Crippen LogP) is 16.3. The molecule has 8 aromatic rings. The Labute approximate surface area is 331 Å². The van der Waals surface area contributed by atoms with Crippen LogP contribution in [0.5, 0.6) is 0 Å². The van der Waals surface area contributed by atoms with E-state index in [1.807, 2.05) is 11.8 Å². The first-order valence-electron chi connectivity index (χ1n) is 20.3. The van der Waals surface area contributed by atoms with E-state index in [-0.39, 0.29) is 0 Å². The topological polar surface area (TPSA) is 0 Å². The van der Waals surface area contributed by atoms with Crippen molar-refractivity contribution in [3.05, 3.63) is 179 Å². The van der Waals surface area contributed by atoms with Crippen LogP contribution in [0.4, 0.5) is 0 Å². The highest BCUT2D eigenvalue weighted by Crippen LogP contribution is 2.40. The van der Waals surface area contributed by atoms with E-state index in [1.54, 1.807) is 0 Å². The Morgan fingerprint density at radius 1 is 0.382 bits per heavy atom. The van der Waals surface area contributed by atoms with Gasteiger partial charge in [0.1, 0.15) is 0 Å². The number of fused-ring (bicyclic) bond motifs is 4. The summed E-state index contributed by atoms with van der Waals surface area (Å²) in [4.78, 5) is 2.56. The summed E-state index contributed by atoms with van der Waals surface area (Å²) in [5.74, 6) is 0. The fourth-order valence-corrected chi connectivity index (χ4v) is 8.90. The Morgan fingerprint density at radius 2 is 0.764 bits per heavy atom. The smallest absolute Gasteiger partial charge is 0.0201 e. The first-order chi connectivity index (χ1) is 27.1. The molecule has 1 heteroatoms. The lowest BCUT2D eigenvalue weighted by Crippen LogP contribution is -1.86. The van der Waals surface area contributed by atoms with Crippen molar-refractivity contribution in [3.63, 3.8) is 0 Å². The van der Waals surface area contributed by atoms with Crippen LogP contribution < -0.4 is 0 Å². The second kappa shape index (κ2) is 17.4. The van der Waals surface area contributed by atoms with Crippen LogP contribution in [0.1, 0.15) is 85.8 Å². The van der Waals surface area contributed by atoms with Crippen molar-refractivity contribution in [3.8, 4) is 0 Å². The molecule has 0 amide bonds. The second-order valence-electron chi connectivity index (χ2n) is 15.0. The fraction of sp³-hybridized carbons (Fsp3) is 0.185. The molecule has 0 bridgehead atoms. The molecule has 55 heavy (non-hydrogen) atoms. The van der Waals surface area contributed by atoms with Crippen molar-refractivity contribution in [1.82, 2.24) is 0 Å². The maximum Gasteiger partial charge on any atom is 0.0201 e. The van der Waals surface area contributed by atoms with E-state index in [9.17, 15) is 0 Å². The lowest BCUT2D eigenvalue weighted by atomic mass is 9.98. The molecule has 8 aromatic carbocycles. The molecule has 0 atom stereocenters. The average Bonchev–Trinajstić information content (AvgIpc) is 3.22. The Hall–Kier alpha value is -5.37. The third-order valence-corrected chi connectivity index (χ3v) is 12.1. The molecule has 0 aliphatic carbocycles. The Balaban J connectivity index is 1.05. The van der Waals surface area contributed by atoms with Gasteiger partial charge in [0, 0.05) is 9.79 Å². The molecule has 0 N–H and O–H groups in total. The van der Waals surface area contributed by atoms with Gasteiger partial charge in [0.15, 0.2) is 0 Å². The molecule has 0 saturated carbocycles. The van der Waals surface area contributed by atoms with Gasteiger partial charge in [0.25, 0.3) is 0 Å². The predicted molar refractivity (Wildman–Crippen MR) is 244 cm³/mol. The number of hydrogen-bond donors (Lipinski definition) is 0. The first-order valence-corrected chi connectivity index (χ1v) is 21.1. The Bertz CT molecular complexity index is 2440. The quantitative estimate of drug-likeness (QED) is 0.0610. The van der Waals surface area contributed by atoms with Crippen molar-refractivity contribution in [1.29, 1.82) is 0 Å². The summed E-state index contributed by atoms with van der Waals surface area (Å²) in [6, 6.07) is 54.5. The monoisotopic (exact) mass is 730 g/mol. The van der Waals surface area contributed by atoms with E-state index >= 15 is 0 Å². The fourth-order valence-electron chi connectivity index (χ4n) is 7.80. The third-order valence-electron chi connectivity index (χ3n) is 11.0. The zero-order valence-corrected chi connectivity index (χ0v) is 33.0. The number of unbranched alkanes of at least 4 members (excludes halogenated alkanes) is 4. The zero-order valence-electron chi connectivity index (χ0n) is 32.2. The molecule has 0 unspecified atom stereocenters. The molecule has 0 nitrogen and oxygen atoms in total. The number of hydrogen-bond acceptors (Lipinski definition) is 1. The molecular weight excluding hydrogens is 681 g/mol. The van der Waals surface area contributed by atoms with E-state index in [0.717, 1.165) is 0 Å². The van der Waals surface area contributed by atoms with Crippen LogP contribution in [0.2, 0.25) is 0 Å². The number of benzene rings is 8. The minimum Gasteiger partial charge on any atom is -0.0888 e. The van der Waals surface area contributed by atoms with Crippen LogP contribution in [0.15, 0.2) is 155 Å². The van der Waals surface area contributed by atoms with Gasteiger partial charge in [-0.1, -0.05) is 185 Å². The van der Waals surface area contributed by atoms with Gasteiger partial charge in [-0.25, -0.2) is 0 Å². The Morgan fingerprint density at radius 3 is 1.18 bits per heavy atom. The molecule has 0 aliphatic heterocycles. The van der Waals surface area contributed by atoms with Crippen LogP contribution in [0.3, 0.4) is 0 Å². The van der Waals surface area contributed by atoms with Crippen molar-refractivity contribution in [2.24, 2.45) is 0 Å². The highest BCUT2D eigenvalue weighted by Gasteiger charge is 2.11. The molecule has 8 rings (SSSR count). The standard InChI is InChI=1S/C54H50S/c1-3-5-7-13-39-23-27-41(28-24-39)31-33-43-15-9-17-45-37-51-47(35-49(43)45)19-11-21-53(51)55-54-22-12-20-48-36-50-44(16-10-18-46(50)38-52(48)54)34-32-42-29-25-40(26-30-42)14-8-6-4-2/h9-12,15-38H,3-8,13-14H2,1-2H3. The lowest BCUT2D eigenvalue weighted by molar-refractivity contribution is 0.717.